The Morgan fingerprint density at radius 3 is 1.12 bits per heavy atom. The van der Waals surface area contributed by atoms with Crippen LogP contribution in [0, 0.1) is 35.8 Å². The zero-order valence-corrected chi connectivity index (χ0v) is 32.1. The summed E-state index contributed by atoms with van der Waals surface area (Å²) in [5.74, 6) is 0. The maximum Gasteiger partial charge on any atom is 0.270 e. The summed E-state index contributed by atoms with van der Waals surface area (Å²) in [6, 6.07) is 12.9. The number of unbranched alkanes of at least 4 members (excludes halogenated alkanes) is 18. The fraction of sp³-hybridized carbons (Fsp3) is 0.545. The second kappa shape index (κ2) is 21.5. The number of rotatable bonds is 22. The molecule has 0 bridgehead atoms. The molecule has 0 fully saturated rings. The number of hydrogen-bond donors (Lipinski definition) is 0. The van der Waals surface area contributed by atoms with Crippen LogP contribution in [-0.2, 0) is 12.8 Å². The van der Waals surface area contributed by atoms with Gasteiger partial charge >= 0.3 is 0 Å². The summed E-state index contributed by atoms with van der Waals surface area (Å²) in [5, 5.41) is 25.4. The summed E-state index contributed by atoms with van der Waals surface area (Å²) in [7, 11) is 0. The summed E-state index contributed by atoms with van der Waals surface area (Å²) in [6.45, 7) is 20.1. The van der Waals surface area contributed by atoms with Crippen molar-refractivity contribution in [3.63, 3.8) is 0 Å². The Kier molecular flexibility index (Phi) is 16.8. The van der Waals surface area contributed by atoms with Crippen LogP contribution in [0.4, 0.5) is 0 Å². The van der Waals surface area contributed by atoms with Crippen LogP contribution < -0.4 is 10.4 Å². The Balaban J connectivity index is 1.60. The minimum absolute atomic E-state index is 0.118. The van der Waals surface area contributed by atoms with Gasteiger partial charge in [0.25, 0.3) is 11.4 Å². The first-order chi connectivity index (χ1) is 24.6. The highest BCUT2D eigenvalue weighted by atomic mass is 32.1. The Morgan fingerprint density at radius 2 is 0.820 bits per heavy atom. The van der Waals surface area contributed by atoms with Crippen molar-refractivity contribution in [1.29, 1.82) is 10.5 Å². The lowest BCUT2D eigenvalue weighted by atomic mass is 9.99. The third kappa shape index (κ3) is 10.7. The molecule has 2 aromatic heterocycles. The van der Waals surface area contributed by atoms with Gasteiger partial charge in [-0.1, -0.05) is 142 Å². The highest BCUT2D eigenvalue weighted by molar-refractivity contribution is 7.19. The summed E-state index contributed by atoms with van der Waals surface area (Å²) in [4.78, 5) is 9.82. The molecule has 262 valence electrons. The minimum Gasteiger partial charge on any atom is -0.226 e. The van der Waals surface area contributed by atoms with Crippen molar-refractivity contribution >= 4 is 65.0 Å². The van der Waals surface area contributed by atoms with Crippen LogP contribution in [0.5, 0.6) is 0 Å². The third-order valence-electron chi connectivity index (χ3n) is 10.0. The van der Waals surface area contributed by atoms with E-state index in [0.29, 0.717) is 10.4 Å². The van der Waals surface area contributed by atoms with Crippen LogP contribution in [0.3, 0.4) is 0 Å². The van der Waals surface area contributed by atoms with Crippen LogP contribution >= 0.6 is 22.7 Å². The minimum atomic E-state index is 0.118. The van der Waals surface area contributed by atoms with E-state index in [9.17, 15) is 10.5 Å². The van der Waals surface area contributed by atoms with Crippen molar-refractivity contribution in [2.24, 2.45) is 0 Å². The van der Waals surface area contributed by atoms with Gasteiger partial charge in [-0.2, -0.15) is 0 Å². The standard InChI is InChI=1S/C44H54N4S2/c1-5-7-9-11-13-15-17-19-21-23-25-33-27-37-35-29-40(42(32-46)48-4)44-38(36(35)30-39(43(37)49-33)41(31-45)47-3)28-34(50-44)26-24-22-20-18-16-14-12-10-8-6-2/h27-30H,5-26H2,1-2H3/b41-39-,42-40+. The molecule has 6 heteroatoms. The highest BCUT2D eigenvalue weighted by Gasteiger charge is 2.16. The smallest absolute Gasteiger partial charge is 0.226 e. The molecule has 0 aliphatic carbocycles. The van der Waals surface area contributed by atoms with E-state index in [1.807, 2.05) is 12.1 Å². The van der Waals surface area contributed by atoms with Gasteiger partial charge in [0, 0.05) is 29.6 Å². The molecule has 0 spiro atoms. The average Bonchev–Trinajstić information content (AvgIpc) is 3.76. The molecule has 0 radical (unpaired) electrons. The molecule has 0 saturated carbocycles. The number of nitrogens with zero attached hydrogens (tertiary/aromatic N) is 4. The monoisotopic (exact) mass is 702 g/mol. The molecule has 0 N–H and O–H groups in total. The molecule has 2 heterocycles. The first-order valence-electron chi connectivity index (χ1n) is 19.3. The Morgan fingerprint density at radius 1 is 0.500 bits per heavy atom. The van der Waals surface area contributed by atoms with Gasteiger partial charge in [-0.3, -0.25) is 0 Å². The molecular weight excluding hydrogens is 649 g/mol. The third-order valence-corrected chi connectivity index (χ3v) is 12.5. The number of nitriles is 2. The van der Waals surface area contributed by atoms with Crippen molar-refractivity contribution in [1.82, 2.24) is 0 Å². The van der Waals surface area contributed by atoms with E-state index < -0.39 is 0 Å². The number of aryl methyl sites for hydroxylation is 2. The molecule has 0 aliphatic heterocycles. The summed E-state index contributed by atoms with van der Waals surface area (Å²) >= 11 is 3.38. The molecule has 0 atom stereocenters. The Labute approximate surface area is 308 Å². The second-order valence-electron chi connectivity index (χ2n) is 13.9. The van der Waals surface area contributed by atoms with Gasteiger partial charge in [-0.05, 0) is 59.4 Å². The number of thiophene rings is 2. The van der Waals surface area contributed by atoms with Crippen LogP contribution in [0.25, 0.3) is 52.0 Å². The first-order valence-corrected chi connectivity index (χ1v) is 21.0. The molecule has 0 unspecified atom stereocenters. The van der Waals surface area contributed by atoms with Crippen molar-refractivity contribution in [3.8, 4) is 12.1 Å². The van der Waals surface area contributed by atoms with E-state index in [-0.39, 0.29) is 11.4 Å². The van der Waals surface area contributed by atoms with E-state index in [0.717, 1.165) is 56.6 Å². The van der Waals surface area contributed by atoms with Gasteiger partial charge in [0.05, 0.1) is 25.3 Å². The lowest BCUT2D eigenvalue weighted by Gasteiger charge is -2.05. The zero-order valence-electron chi connectivity index (χ0n) is 30.5. The lowest BCUT2D eigenvalue weighted by Crippen LogP contribution is -2.08. The number of fused-ring (bicyclic) bond motifs is 5. The quantitative estimate of drug-likeness (QED) is 0.0604. The molecule has 4 nitrogen and oxygen atoms in total. The second-order valence-corrected chi connectivity index (χ2v) is 16.1. The van der Waals surface area contributed by atoms with Gasteiger partial charge in [-0.15, -0.1) is 22.7 Å². The molecule has 0 aliphatic rings. The van der Waals surface area contributed by atoms with Gasteiger partial charge < -0.3 is 0 Å². The van der Waals surface area contributed by atoms with Gasteiger partial charge in [-0.25, -0.2) is 20.2 Å². The summed E-state index contributed by atoms with van der Waals surface area (Å²) in [5.41, 5.74) is 0.237. The van der Waals surface area contributed by atoms with Crippen LogP contribution in [0.2, 0.25) is 0 Å². The molecule has 50 heavy (non-hydrogen) atoms. The predicted molar refractivity (Wildman–Crippen MR) is 216 cm³/mol. The largest absolute Gasteiger partial charge is 0.270 e. The van der Waals surface area contributed by atoms with E-state index in [4.69, 9.17) is 13.1 Å². The molecule has 4 rings (SSSR count). The van der Waals surface area contributed by atoms with Crippen molar-refractivity contribution in [2.75, 3.05) is 0 Å². The molecule has 4 aromatic rings. The van der Waals surface area contributed by atoms with Gasteiger partial charge in [0.2, 0.25) is 0 Å². The number of benzene rings is 2. The van der Waals surface area contributed by atoms with Crippen LogP contribution in [0.15, 0.2) is 24.3 Å². The maximum atomic E-state index is 9.98. The normalized spacial score (nSPS) is 12.5. The number of hydrogen-bond acceptors (Lipinski definition) is 4. The topological polar surface area (TPSA) is 56.3 Å². The summed E-state index contributed by atoms with van der Waals surface area (Å²) in [6.07, 6.45) is 27.9. The van der Waals surface area contributed by atoms with E-state index in [1.165, 1.54) is 125 Å². The highest BCUT2D eigenvalue weighted by Crippen LogP contribution is 2.36. The average molecular weight is 703 g/mol. The molecule has 2 aromatic carbocycles. The zero-order chi connectivity index (χ0) is 35.6. The molecule has 0 saturated heterocycles. The Hall–Kier alpha value is -3.68. The van der Waals surface area contributed by atoms with Crippen molar-refractivity contribution in [2.45, 2.75) is 155 Å². The molecule has 0 amide bonds. The van der Waals surface area contributed by atoms with Gasteiger partial charge in [0.15, 0.2) is 0 Å². The fourth-order valence-corrected chi connectivity index (χ4v) is 9.63. The van der Waals surface area contributed by atoms with Crippen molar-refractivity contribution in [3.05, 3.63) is 67.3 Å². The fourth-order valence-electron chi connectivity index (χ4n) is 7.17. The van der Waals surface area contributed by atoms with E-state index in [2.05, 4.69) is 47.8 Å². The SMILES string of the molecule is [C-]#[N+]/C(C#N)=c1/cc2c3cc(CCCCCCCCCCCC)sc3/c(=C(\C#N)[N+]#[C-])cc2c2cc(CCCCCCCCCCCC)sc12. The predicted octanol–water partition coefficient (Wildman–Crippen LogP) is 13.3. The Bertz CT molecular complexity index is 1820. The molecular formula is C44H54N4S2. The van der Waals surface area contributed by atoms with Crippen LogP contribution in [-0.4, -0.2) is 0 Å². The lowest BCUT2D eigenvalue weighted by molar-refractivity contribution is 0.557. The van der Waals surface area contributed by atoms with Crippen LogP contribution in [0.1, 0.15) is 152 Å². The summed E-state index contributed by atoms with van der Waals surface area (Å²) < 4.78 is 1.92. The van der Waals surface area contributed by atoms with Crippen molar-refractivity contribution < 1.29 is 0 Å². The van der Waals surface area contributed by atoms with Gasteiger partial charge in [0.1, 0.15) is 0 Å². The van der Waals surface area contributed by atoms with E-state index in [1.54, 1.807) is 22.7 Å². The first kappa shape index (κ1) is 39.1. The maximum absolute atomic E-state index is 9.98. The van der Waals surface area contributed by atoms with E-state index >= 15 is 0 Å².